The Hall–Kier alpha value is -2.03. The van der Waals surface area contributed by atoms with Gasteiger partial charge in [-0.2, -0.15) is 5.10 Å². The summed E-state index contributed by atoms with van der Waals surface area (Å²) in [6.45, 7) is 3.44. The van der Waals surface area contributed by atoms with Gasteiger partial charge in [-0.15, -0.1) is 22.7 Å². The van der Waals surface area contributed by atoms with Crippen LogP contribution in [0.25, 0.3) is 0 Å². The highest BCUT2D eigenvalue weighted by atomic mass is 32.1. The molecule has 0 saturated carbocycles. The van der Waals surface area contributed by atoms with Crippen LogP contribution in [0.5, 0.6) is 0 Å². The maximum absolute atomic E-state index is 12.0. The van der Waals surface area contributed by atoms with E-state index in [-0.39, 0.29) is 11.9 Å². The first kappa shape index (κ1) is 16.4. The molecule has 130 valence electrons. The van der Waals surface area contributed by atoms with E-state index in [1.54, 1.807) is 22.2 Å². The molecule has 1 amide bonds. The molecule has 1 atom stereocenters. The fourth-order valence-corrected chi connectivity index (χ4v) is 4.47. The molecule has 4 rings (SSSR count). The lowest BCUT2D eigenvalue weighted by Crippen LogP contribution is -2.38. The van der Waals surface area contributed by atoms with Gasteiger partial charge in [0, 0.05) is 42.6 Å². The van der Waals surface area contributed by atoms with E-state index in [1.807, 2.05) is 6.20 Å². The third-order valence-corrected chi connectivity index (χ3v) is 5.79. The van der Waals surface area contributed by atoms with Crippen molar-refractivity contribution in [3.63, 3.8) is 0 Å². The molecule has 1 aliphatic heterocycles. The predicted octanol–water partition coefficient (Wildman–Crippen LogP) is 2.78. The van der Waals surface area contributed by atoms with Crippen LogP contribution in [0.1, 0.15) is 33.5 Å². The smallest absolute Gasteiger partial charge is 0.270 e. The number of fused-ring (bicyclic) bond motifs is 1. The average molecular weight is 374 g/mol. The van der Waals surface area contributed by atoms with E-state index in [9.17, 15) is 4.79 Å². The standard InChI is InChI=1S/C17H19N5OS2/c23-17(16-11-24-12-19-16)18-5-3-13-8-21(10-15-2-1-7-25-15)9-14-4-6-20-22(13)14/h1-2,4,6-7,11-13H,3,5,8-10H2,(H,18,23). The van der Waals surface area contributed by atoms with E-state index in [2.05, 4.69) is 48.6 Å². The number of thiophene rings is 1. The summed E-state index contributed by atoms with van der Waals surface area (Å²) in [5, 5.41) is 11.3. The van der Waals surface area contributed by atoms with Crippen molar-refractivity contribution in [3.8, 4) is 0 Å². The van der Waals surface area contributed by atoms with Crippen molar-refractivity contribution < 1.29 is 4.79 Å². The highest BCUT2D eigenvalue weighted by molar-refractivity contribution is 7.09. The first-order chi connectivity index (χ1) is 12.3. The van der Waals surface area contributed by atoms with E-state index < -0.39 is 0 Å². The summed E-state index contributed by atoms with van der Waals surface area (Å²) in [4.78, 5) is 19.9. The Morgan fingerprint density at radius 2 is 2.36 bits per heavy atom. The second-order valence-corrected chi connectivity index (χ2v) is 7.84. The number of hydrogen-bond donors (Lipinski definition) is 1. The molecule has 0 saturated heterocycles. The summed E-state index contributed by atoms with van der Waals surface area (Å²) < 4.78 is 2.11. The minimum absolute atomic E-state index is 0.104. The first-order valence-electron chi connectivity index (χ1n) is 8.23. The predicted molar refractivity (Wildman–Crippen MR) is 98.8 cm³/mol. The molecule has 0 fully saturated rings. The molecular formula is C17H19N5OS2. The van der Waals surface area contributed by atoms with Crippen molar-refractivity contribution >= 4 is 28.6 Å². The number of carbonyl (C=O) groups excluding carboxylic acids is 1. The van der Waals surface area contributed by atoms with Gasteiger partial charge in [-0.25, -0.2) is 4.98 Å². The molecule has 1 N–H and O–H groups in total. The minimum atomic E-state index is -0.104. The number of aromatic nitrogens is 3. The third kappa shape index (κ3) is 3.81. The second kappa shape index (κ2) is 7.47. The van der Waals surface area contributed by atoms with Crippen molar-refractivity contribution in [1.82, 2.24) is 25.0 Å². The number of carbonyl (C=O) groups is 1. The summed E-state index contributed by atoms with van der Waals surface area (Å²) >= 11 is 3.23. The van der Waals surface area contributed by atoms with Crippen molar-refractivity contribution in [2.75, 3.05) is 13.1 Å². The lowest BCUT2D eigenvalue weighted by atomic mass is 10.1. The molecule has 8 heteroatoms. The molecular weight excluding hydrogens is 354 g/mol. The van der Waals surface area contributed by atoms with Gasteiger partial charge in [0.05, 0.1) is 17.2 Å². The Kier molecular flexibility index (Phi) is 4.91. The molecule has 3 aromatic rings. The lowest BCUT2D eigenvalue weighted by Gasteiger charge is -2.33. The number of rotatable bonds is 6. The Morgan fingerprint density at radius 3 is 3.16 bits per heavy atom. The molecule has 25 heavy (non-hydrogen) atoms. The Labute approximate surface area is 154 Å². The van der Waals surface area contributed by atoms with Crippen LogP contribution in [0.3, 0.4) is 0 Å². The fraction of sp³-hybridized carbons (Fsp3) is 0.353. The van der Waals surface area contributed by atoms with Gasteiger partial charge in [0.15, 0.2) is 0 Å². The highest BCUT2D eigenvalue weighted by Crippen LogP contribution is 2.25. The van der Waals surface area contributed by atoms with Crippen LogP contribution >= 0.6 is 22.7 Å². The zero-order chi connectivity index (χ0) is 17.1. The summed E-state index contributed by atoms with van der Waals surface area (Å²) in [5.41, 5.74) is 3.40. The monoisotopic (exact) mass is 373 g/mol. The van der Waals surface area contributed by atoms with Crippen molar-refractivity contribution in [2.45, 2.75) is 25.6 Å². The second-order valence-electron chi connectivity index (χ2n) is 6.09. The maximum Gasteiger partial charge on any atom is 0.270 e. The zero-order valence-electron chi connectivity index (χ0n) is 13.7. The quantitative estimate of drug-likeness (QED) is 0.722. The molecule has 4 heterocycles. The van der Waals surface area contributed by atoms with Gasteiger partial charge in [-0.3, -0.25) is 14.4 Å². The van der Waals surface area contributed by atoms with Crippen LogP contribution in [-0.4, -0.2) is 38.7 Å². The van der Waals surface area contributed by atoms with E-state index >= 15 is 0 Å². The largest absolute Gasteiger partial charge is 0.351 e. The molecule has 0 bridgehead atoms. The summed E-state index contributed by atoms with van der Waals surface area (Å²) in [7, 11) is 0. The number of thiazole rings is 1. The topological polar surface area (TPSA) is 63.1 Å². The molecule has 1 unspecified atom stereocenters. The average Bonchev–Trinajstić information content (AvgIpc) is 3.36. The van der Waals surface area contributed by atoms with Crippen LogP contribution in [0, 0.1) is 0 Å². The van der Waals surface area contributed by atoms with E-state index in [1.165, 1.54) is 21.9 Å². The Morgan fingerprint density at radius 1 is 1.40 bits per heavy atom. The maximum atomic E-state index is 12.0. The van der Waals surface area contributed by atoms with Gasteiger partial charge in [0.2, 0.25) is 0 Å². The van der Waals surface area contributed by atoms with Crippen LogP contribution in [0.2, 0.25) is 0 Å². The van der Waals surface area contributed by atoms with Crippen LogP contribution in [-0.2, 0) is 13.1 Å². The van der Waals surface area contributed by atoms with Crippen molar-refractivity contribution in [2.24, 2.45) is 0 Å². The van der Waals surface area contributed by atoms with E-state index in [4.69, 9.17) is 0 Å². The van der Waals surface area contributed by atoms with Gasteiger partial charge in [0.1, 0.15) is 5.69 Å². The van der Waals surface area contributed by atoms with Crippen LogP contribution in [0.4, 0.5) is 0 Å². The molecule has 0 aliphatic carbocycles. The molecule has 1 aliphatic rings. The molecule has 6 nitrogen and oxygen atoms in total. The Balaban J connectivity index is 1.37. The van der Waals surface area contributed by atoms with E-state index in [0.29, 0.717) is 12.2 Å². The highest BCUT2D eigenvalue weighted by Gasteiger charge is 2.25. The summed E-state index contributed by atoms with van der Waals surface area (Å²) in [6.07, 6.45) is 2.72. The van der Waals surface area contributed by atoms with Crippen molar-refractivity contribution in [1.29, 1.82) is 0 Å². The van der Waals surface area contributed by atoms with Gasteiger partial charge in [0.25, 0.3) is 5.91 Å². The lowest BCUT2D eigenvalue weighted by molar-refractivity contribution is 0.0942. The minimum Gasteiger partial charge on any atom is -0.351 e. The summed E-state index contributed by atoms with van der Waals surface area (Å²) in [6, 6.07) is 6.63. The third-order valence-electron chi connectivity index (χ3n) is 4.34. The Bertz CT molecular complexity index is 812. The van der Waals surface area contributed by atoms with Gasteiger partial charge >= 0.3 is 0 Å². The van der Waals surface area contributed by atoms with E-state index in [0.717, 1.165) is 26.1 Å². The zero-order valence-corrected chi connectivity index (χ0v) is 15.3. The molecule has 3 aromatic heterocycles. The number of nitrogens with zero attached hydrogens (tertiary/aromatic N) is 4. The molecule has 0 spiro atoms. The number of nitrogens with one attached hydrogen (secondary N) is 1. The van der Waals surface area contributed by atoms with Gasteiger partial charge in [-0.1, -0.05) is 6.07 Å². The normalized spacial score (nSPS) is 17.4. The number of amides is 1. The van der Waals surface area contributed by atoms with Crippen LogP contribution < -0.4 is 5.32 Å². The van der Waals surface area contributed by atoms with Gasteiger partial charge in [-0.05, 0) is 23.9 Å². The summed E-state index contributed by atoms with van der Waals surface area (Å²) in [5.74, 6) is -0.104. The first-order valence-corrected chi connectivity index (χ1v) is 10.1. The fourth-order valence-electron chi connectivity index (χ4n) is 3.19. The number of hydrogen-bond acceptors (Lipinski definition) is 6. The van der Waals surface area contributed by atoms with Gasteiger partial charge < -0.3 is 5.32 Å². The van der Waals surface area contributed by atoms with Crippen molar-refractivity contribution in [3.05, 3.63) is 56.9 Å². The molecule has 0 aromatic carbocycles. The molecule has 0 radical (unpaired) electrons. The van der Waals surface area contributed by atoms with Crippen LogP contribution in [0.15, 0.2) is 40.7 Å². The SMILES string of the molecule is O=C(NCCC1CN(Cc2cccs2)Cc2ccnn21)c1cscn1.